The Morgan fingerprint density at radius 3 is 2.67 bits per heavy atom. The molecule has 0 aromatic heterocycles. The van der Waals surface area contributed by atoms with Crippen molar-refractivity contribution in [2.45, 2.75) is 6.92 Å². The molecule has 0 spiro atoms. The summed E-state index contributed by atoms with van der Waals surface area (Å²) in [6.07, 6.45) is 0. The number of primary amides is 1. The molecule has 1 amide bonds. The summed E-state index contributed by atoms with van der Waals surface area (Å²) in [6, 6.07) is 5.23. The lowest BCUT2D eigenvalue weighted by Crippen LogP contribution is -2.12. The van der Waals surface area contributed by atoms with Gasteiger partial charge < -0.3 is 10.5 Å². The van der Waals surface area contributed by atoms with Gasteiger partial charge in [-0.15, -0.1) is 0 Å². The second kappa shape index (κ2) is 3.26. The van der Waals surface area contributed by atoms with Crippen LogP contribution >= 0.6 is 0 Å². The molecule has 0 saturated carbocycles. The lowest BCUT2D eigenvalue weighted by molar-refractivity contribution is 0.0999. The maximum absolute atomic E-state index is 10.9. The van der Waals surface area contributed by atoms with Crippen LogP contribution in [0.3, 0.4) is 0 Å². The molecule has 0 bridgehead atoms. The summed E-state index contributed by atoms with van der Waals surface area (Å²) >= 11 is 0. The van der Waals surface area contributed by atoms with Gasteiger partial charge in [-0.1, -0.05) is 6.07 Å². The van der Waals surface area contributed by atoms with E-state index in [4.69, 9.17) is 10.5 Å². The topological polar surface area (TPSA) is 52.3 Å². The zero-order valence-corrected chi connectivity index (χ0v) is 7.13. The first-order valence-corrected chi connectivity index (χ1v) is 3.59. The van der Waals surface area contributed by atoms with Gasteiger partial charge >= 0.3 is 0 Å². The number of carbonyl (C=O) groups is 1. The summed E-state index contributed by atoms with van der Waals surface area (Å²) in [4.78, 5) is 10.9. The predicted molar refractivity (Wildman–Crippen MR) is 46.2 cm³/mol. The summed E-state index contributed by atoms with van der Waals surface area (Å²) in [5, 5.41) is 0. The second-order valence-electron chi connectivity index (χ2n) is 2.55. The number of benzene rings is 1. The smallest absolute Gasteiger partial charge is 0.249 e. The van der Waals surface area contributed by atoms with E-state index in [1.807, 2.05) is 6.92 Å². The van der Waals surface area contributed by atoms with Crippen LogP contribution in [-0.2, 0) is 0 Å². The minimum absolute atomic E-state index is 0.425. The van der Waals surface area contributed by atoms with Gasteiger partial charge in [0.25, 0.3) is 0 Å². The number of nitrogens with two attached hydrogens (primary N) is 1. The van der Waals surface area contributed by atoms with Gasteiger partial charge in [-0.05, 0) is 24.6 Å². The molecule has 0 saturated heterocycles. The fraction of sp³-hybridized carbons (Fsp3) is 0.222. The molecule has 1 aromatic carbocycles. The van der Waals surface area contributed by atoms with Crippen molar-refractivity contribution in [1.82, 2.24) is 0 Å². The van der Waals surface area contributed by atoms with Crippen molar-refractivity contribution < 1.29 is 9.53 Å². The molecule has 0 atom stereocenters. The number of carbonyl (C=O) groups excluding carboxylic acids is 1. The predicted octanol–water partition coefficient (Wildman–Crippen LogP) is 1.10. The van der Waals surface area contributed by atoms with Crippen molar-refractivity contribution in [1.29, 1.82) is 0 Å². The van der Waals surface area contributed by atoms with Crippen LogP contribution < -0.4 is 10.5 Å². The minimum Gasteiger partial charge on any atom is -0.497 e. The van der Waals surface area contributed by atoms with Crippen molar-refractivity contribution in [3.05, 3.63) is 29.3 Å². The SMILES string of the molecule is COc1ccc(C)c(C(N)=O)c1. The molecule has 0 aliphatic carbocycles. The number of amides is 1. The van der Waals surface area contributed by atoms with E-state index < -0.39 is 5.91 Å². The zero-order chi connectivity index (χ0) is 9.14. The Balaban J connectivity index is 3.17. The molecule has 3 heteroatoms. The van der Waals surface area contributed by atoms with E-state index in [1.54, 1.807) is 25.3 Å². The van der Waals surface area contributed by atoms with E-state index >= 15 is 0 Å². The van der Waals surface area contributed by atoms with Crippen LogP contribution in [0.4, 0.5) is 0 Å². The summed E-state index contributed by atoms with van der Waals surface area (Å²) in [6.45, 7) is 1.83. The second-order valence-corrected chi connectivity index (χ2v) is 2.55. The highest BCUT2D eigenvalue weighted by molar-refractivity contribution is 5.94. The Hall–Kier alpha value is -1.51. The van der Waals surface area contributed by atoms with Crippen molar-refractivity contribution >= 4 is 5.91 Å². The first-order chi connectivity index (χ1) is 5.65. The third kappa shape index (κ3) is 1.56. The van der Waals surface area contributed by atoms with Gasteiger partial charge in [0.1, 0.15) is 5.75 Å². The van der Waals surface area contributed by atoms with Crippen molar-refractivity contribution in [3.63, 3.8) is 0 Å². The van der Waals surface area contributed by atoms with Gasteiger partial charge in [0.05, 0.1) is 7.11 Å². The van der Waals surface area contributed by atoms with E-state index in [-0.39, 0.29) is 0 Å². The standard InChI is InChI=1S/C9H11NO2/c1-6-3-4-7(12-2)5-8(6)9(10)11/h3-5H,1-2H3,(H2,10,11). The van der Waals surface area contributed by atoms with Crippen LogP contribution in [0.1, 0.15) is 15.9 Å². The lowest BCUT2D eigenvalue weighted by Gasteiger charge is -2.04. The van der Waals surface area contributed by atoms with Crippen LogP contribution in [0.15, 0.2) is 18.2 Å². The molecule has 0 fully saturated rings. The molecule has 64 valence electrons. The fourth-order valence-corrected chi connectivity index (χ4v) is 0.994. The van der Waals surface area contributed by atoms with Crippen LogP contribution in [0.2, 0.25) is 0 Å². The quantitative estimate of drug-likeness (QED) is 0.713. The molecule has 0 radical (unpaired) electrons. The van der Waals surface area contributed by atoms with E-state index in [9.17, 15) is 4.79 Å². The normalized spacial score (nSPS) is 9.50. The molecular weight excluding hydrogens is 154 g/mol. The van der Waals surface area contributed by atoms with Crippen LogP contribution in [0, 0.1) is 6.92 Å². The third-order valence-corrected chi connectivity index (χ3v) is 1.71. The molecule has 0 unspecified atom stereocenters. The highest BCUT2D eigenvalue weighted by atomic mass is 16.5. The van der Waals surface area contributed by atoms with Crippen molar-refractivity contribution in [2.24, 2.45) is 5.73 Å². The largest absolute Gasteiger partial charge is 0.497 e. The monoisotopic (exact) mass is 165 g/mol. The Kier molecular flexibility index (Phi) is 2.33. The van der Waals surface area contributed by atoms with E-state index in [0.717, 1.165) is 5.56 Å². The van der Waals surface area contributed by atoms with Gasteiger partial charge in [-0.25, -0.2) is 0 Å². The van der Waals surface area contributed by atoms with Crippen LogP contribution in [0.25, 0.3) is 0 Å². The zero-order valence-electron chi connectivity index (χ0n) is 7.13. The first-order valence-electron chi connectivity index (χ1n) is 3.59. The van der Waals surface area contributed by atoms with E-state index in [2.05, 4.69) is 0 Å². The summed E-state index contributed by atoms with van der Waals surface area (Å²) in [7, 11) is 1.55. The Morgan fingerprint density at radius 2 is 2.17 bits per heavy atom. The van der Waals surface area contributed by atoms with Gasteiger partial charge in [-0.3, -0.25) is 4.79 Å². The molecule has 12 heavy (non-hydrogen) atoms. The average molecular weight is 165 g/mol. The highest BCUT2D eigenvalue weighted by Crippen LogP contribution is 2.15. The van der Waals surface area contributed by atoms with Crippen molar-refractivity contribution in [2.75, 3.05) is 7.11 Å². The number of aryl methyl sites for hydroxylation is 1. The van der Waals surface area contributed by atoms with Gasteiger partial charge in [0.2, 0.25) is 5.91 Å². The number of ether oxygens (including phenoxy) is 1. The highest BCUT2D eigenvalue weighted by Gasteiger charge is 2.05. The number of hydrogen-bond acceptors (Lipinski definition) is 2. The van der Waals surface area contributed by atoms with E-state index in [0.29, 0.717) is 11.3 Å². The number of hydrogen-bond donors (Lipinski definition) is 1. The van der Waals surface area contributed by atoms with Gasteiger partial charge in [0.15, 0.2) is 0 Å². The molecule has 2 N–H and O–H groups in total. The average Bonchev–Trinajstić information content (AvgIpc) is 2.05. The summed E-state index contributed by atoms with van der Waals surface area (Å²) in [5.41, 5.74) is 6.52. The first kappa shape index (κ1) is 8.59. The molecule has 1 aromatic rings. The Labute approximate surface area is 71.1 Å². The molecule has 1 rings (SSSR count). The van der Waals surface area contributed by atoms with Crippen LogP contribution in [0.5, 0.6) is 5.75 Å². The van der Waals surface area contributed by atoms with Gasteiger partial charge in [-0.2, -0.15) is 0 Å². The maximum Gasteiger partial charge on any atom is 0.249 e. The summed E-state index contributed by atoms with van der Waals surface area (Å²) < 4.78 is 4.95. The van der Waals surface area contributed by atoms with E-state index in [1.165, 1.54) is 0 Å². The summed E-state index contributed by atoms with van der Waals surface area (Å²) in [5.74, 6) is 0.223. The lowest BCUT2D eigenvalue weighted by atomic mass is 10.1. The maximum atomic E-state index is 10.9. The van der Waals surface area contributed by atoms with Crippen LogP contribution in [-0.4, -0.2) is 13.0 Å². The molecule has 0 aliphatic heterocycles. The fourth-order valence-electron chi connectivity index (χ4n) is 0.994. The molecule has 3 nitrogen and oxygen atoms in total. The molecule has 0 aliphatic rings. The van der Waals surface area contributed by atoms with Gasteiger partial charge in [0, 0.05) is 5.56 Å². The van der Waals surface area contributed by atoms with Crippen molar-refractivity contribution in [3.8, 4) is 5.75 Å². The Morgan fingerprint density at radius 1 is 1.50 bits per heavy atom. The molecular formula is C9H11NO2. The third-order valence-electron chi connectivity index (χ3n) is 1.71. The number of rotatable bonds is 2. The Bertz CT molecular complexity index is 307. The number of methoxy groups -OCH3 is 1. The minimum atomic E-state index is -0.425. The molecule has 0 heterocycles.